The van der Waals surface area contributed by atoms with Crippen LogP contribution in [0.5, 0.6) is 5.75 Å². The van der Waals surface area contributed by atoms with Crippen LogP contribution in [0.1, 0.15) is 22.2 Å². The molecule has 0 aliphatic rings. The summed E-state index contributed by atoms with van der Waals surface area (Å²) in [5.41, 5.74) is 1.19. The van der Waals surface area contributed by atoms with Gasteiger partial charge in [0.15, 0.2) is 5.96 Å². The van der Waals surface area contributed by atoms with Gasteiger partial charge in [-0.25, -0.2) is 0 Å². The van der Waals surface area contributed by atoms with Gasteiger partial charge >= 0.3 is 0 Å². The molecule has 1 heterocycles. The van der Waals surface area contributed by atoms with E-state index >= 15 is 0 Å². The van der Waals surface area contributed by atoms with Crippen LogP contribution in [-0.2, 0) is 13.0 Å². The summed E-state index contributed by atoms with van der Waals surface area (Å²) in [4.78, 5) is 7.05. The molecule has 0 radical (unpaired) electrons. The van der Waals surface area contributed by atoms with Crippen LogP contribution in [0.25, 0.3) is 0 Å². The first-order chi connectivity index (χ1) is 11.1. The van der Waals surface area contributed by atoms with Gasteiger partial charge in [-0.2, -0.15) is 0 Å². The second-order valence-corrected chi connectivity index (χ2v) is 6.91. The average Bonchev–Trinajstić information content (AvgIpc) is 2.96. The first-order valence-electron chi connectivity index (χ1n) is 7.76. The Morgan fingerprint density at radius 1 is 1.21 bits per heavy atom. The molecule has 24 heavy (non-hydrogen) atoms. The molecule has 0 aliphatic carbocycles. The standard InChI is InChI=1S/C18H25N3OS.HI/c1-13(11-17-10-5-14(2)23-17)21-18(19-3)20-12-15-6-8-16(22-4)9-7-15;/h5-10,13H,11-12H2,1-4H3,(H2,19,20,21);1H. The Kier molecular flexibility index (Phi) is 9.13. The van der Waals surface area contributed by atoms with Crippen molar-refractivity contribution in [3.8, 4) is 5.75 Å². The number of halogens is 1. The molecule has 0 spiro atoms. The monoisotopic (exact) mass is 459 g/mol. The zero-order chi connectivity index (χ0) is 16.7. The fourth-order valence-electron chi connectivity index (χ4n) is 2.30. The Morgan fingerprint density at radius 3 is 2.46 bits per heavy atom. The van der Waals surface area contributed by atoms with Gasteiger partial charge in [-0.05, 0) is 43.7 Å². The Bertz CT molecular complexity index is 640. The summed E-state index contributed by atoms with van der Waals surface area (Å²) in [7, 11) is 3.47. The zero-order valence-corrected chi connectivity index (χ0v) is 17.8. The van der Waals surface area contributed by atoms with Crippen molar-refractivity contribution in [1.29, 1.82) is 0 Å². The topological polar surface area (TPSA) is 45.7 Å². The third-order valence-electron chi connectivity index (χ3n) is 3.53. The minimum atomic E-state index is 0. The molecule has 132 valence electrons. The highest BCUT2D eigenvalue weighted by molar-refractivity contribution is 14.0. The van der Waals surface area contributed by atoms with E-state index in [-0.39, 0.29) is 24.0 Å². The zero-order valence-electron chi connectivity index (χ0n) is 14.6. The molecule has 0 amide bonds. The number of nitrogens with one attached hydrogen (secondary N) is 2. The maximum atomic E-state index is 5.17. The second kappa shape index (κ2) is 10.6. The molecule has 2 aromatic rings. The van der Waals surface area contributed by atoms with E-state index in [2.05, 4.69) is 53.7 Å². The molecule has 6 heteroatoms. The lowest BCUT2D eigenvalue weighted by molar-refractivity contribution is 0.414. The van der Waals surface area contributed by atoms with Crippen LogP contribution in [0.2, 0.25) is 0 Å². The molecule has 0 bridgehead atoms. The van der Waals surface area contributed by atoms with Crippen LogP contribution in [-0.4, -0.2) is 26.2 Å². The van der Waals surface area contributed by atoms with Crippen molar-refractivity contribution in [1.82, 2.24) is 10.6 Å². The molecule has 1 atom stereocenters. The van der Waals surface area contributed by atoms with E-state index < -0.39 is 0 Å². The lowest BCUT2D eigenvalue weighted by atomic mass is 10.2. The van der Waals surface area contributed by atoms with Gasteiger partial charge in [-0.1, -0.05) is 12.1 Å². The molecule has 2 N–H and O–H groups in total. The van der Waals surface area contributed by atoms with Crippen molar-refractivity contribution < 1.29 is 4.74 Å². The van der Waals surface area contributed by atoms with Crippen molar-refractivity contribution in [2.24, 2.45) is 4.99 Å². The Morgan fingerprint density at radius 2 is 1.92 bits per heavy atom. The van der Waals surface area contributed by atoms with E-state index in [9.17, 15) is 0 Å². The molecule has 1 aromatic carbocycles. The lowest BCUT2D eigenvalue weighted by Gasteiger charge is -2.17. The van der Waals surface area contributed by atoms with Crippen LogP contribution >= 0.6 is 35.3 Å². The number of rotatable bonds is 6. The van der Waals surface area contributed by atoms with Crippen molar-refractivity contribution in [3.63, 3.8) is 0 Å². The predicted molar refractivity (Wildman–Crippen MR) is 114 cm³/mol. The summed E-state index contributed by atoms with van der Waals surface area (Å²) in [6.45, 7) is 5.05. The predicted octanol–water partition coefficient (Wildman–Crippen LogP) is 3.98. The molecule has 1 unspecified atom stereocenters. The number of nitrogens with zero attached hydrogens (tertiary/aromatic N) is 1. The molecule has 0 saturated heterocycles. The fraction of sp³-hybridized carbons (Fsp3) is 0.389. The number of benzene rings is 1. The first-order valence-corrected chi connectivity index (χ1v) is 8.57. The van der Waals surface area contributed by atoms with Crippen molar-refractivity contribution in [2.45, 2.75) is 32.9 Å². The summed E-state index contributed by atoms with van der Waals surface area (Å²) >= 11 is 1.85. The third kappa shape index (κ3) is 6.68. The molecule has 0 saturated carbocycles. The molecular formula is C18H26IN3OS. The van der Waals surface area contributed by atoms with E-state index in [1.807, 2.05) is 23.5 Å². The number of aliphatic imine (C=N–C) groups is 1. The summed E-state index contributed by atoms with van der Waals surface area (Å²) in [6.07, 6.45) is 1.00. The summed E-state index contributed by atoms with van der Waals surface area (Å²) in [5, 5.41) is 6.78. The Labute approximate surface area is 165 Å². The van der Waals surface area contributed by atoms with Crippen LogP contribution in [0.4, 0.5) is 0 Å². The lowest BCUT2D eigenvalue weighted by Crippen LogP contribution is -2.42. The van der Waals surface area contributed by atoms with Gasteiger partial charge < -0.3 is 15.4 Å². The van der Waals surface area contributed by atoms with Gasteiger partial charge in [0.05, 0.1) is 7.11 Å². The number of methoxy groups -OCH3 is 1. The smallest absolute Gasteiger partial charge is 0.191 e. The van der Waals surface area contributed by atoms with Gasteiger partial charge in [-0.3, -0.25) is 4.99 Å². The largest absolute Gasteiger partial charge is 0.497 e. The van der Waals surface area contributed by atoms with E-state index in [0.29, 0.717) is 6.04 Å². The maximum Gasteiger partial charge on any atom is 0.191 e. The average molecular weight is 459 g/mol. The van der Waals surface area contributed by atoms with Crippen LogP contribution < -0.4 is 15.4 Å². The Balaban J connectivity index is 0.00000288. The number of ether oxygens (including phenoxy) is 1. The normalized spacial score (nSPS) is 12.2. The highest BCUT2D eigenvalue weighted by Crippen LogP contribution is 2.16. The van der Waals surface area contributed by atoms with Gasteiger partial charge in [0.2, 0.25) is 0 Å². The molecule has 0 aliphatic heterocycles. The summed E-state index contributed by atoms with van der Waals surface area (Å²) in [5.74, 6) is 1.69. The minimum Gasteiger partial charge on any atom is -0.497 e. The number of hydrogen-bond donors (Lipinski definition) is 2. The maximum absolute atomic E-state index is 5.17. The highest BCUT2D eigenvalue weighted by Gasteiger charge is 2.07. The van der Waals surface area contributed by atoms with E-state index in [4.69, 9.17) is 4.74 Å². The second-order valence-electron chi connectivity index (χ2n) is 5.54. The molecule has 2 rings (SSSR count). The number of guanidine groups is 1. The van der Waals surface area contributed by atoms with Gasteiger partial charge in [0.25, 0.3) is 0 Å². The summed E-state index contributed by atoms with van der Waals surface area (Å²) < 4.78 is 5.17. The minimum absolute atomic E-state index is 0. The van der Waals surface area contributed by atoms with Gasteiger partial charge in [-0.15, -0.1) is 35.3 Å². The Hall–Kier alpha value is -1.28. The first kappa shape index (κ1) is 20.8. The van der Waals surface area contributed by atoms with E-state index in [1.54, 1.807) is 14.2 Å². The van der Waals surface area contributed by atoms with Crippen molar-refractivity contribution >= 4 is 41.3 Å². The number of thiophene rings is 1. The fourth-order valence-corrected chi connectivity index (χ4v) is 3.32. The molecule has 0 fully saturated rings. The van der Waals surface area contributed by atoms with Crippen LogP contribution in [0.15, 0.2) is 41.4 Å². The van der Waals surface area contributed by atoms with Gasteiger partial charge in [0, 0.05) is 35.8 Å². The van der Waals surface area contributed by atoms with E-state index in [0.717, 1.165) is 24.7 Å². The number of hydrogen-bond acceptors (Lipinski definition) is 3. The molecule has 1 aromatic heterocycles. The highest BCUT2D eigenvalue weighted by atomic mass is 127. The number of aryl methyl sites for hydroxylation is 1. The van der Waals surface area contributed by atoms with Crippen LogP contribution in [0.3, 0.4) is 0 Å². The summed E-state index contributed by atoms with van der Waals surface area (Å²) in [6, 6.07) is 12.7. The van der Waals surface area contributed by atoms with E-state index in [1.165, 1.54) is 15.3 Å². The molecular weight excluding hydrogens is 433 g/mol. The quantitative estimate of drug-likeness (QED) is 0.390. The van der Waals surface area contributed by atoms with Crippen molar-refractivity contribution in [2.75, 3.05) is 14.2 Å². The third-order valence-corrected chi connectivity index (χ3v) is 4.55. The molecule has 4 nitrogen and oxygen atoms in total. The van der Waals surface area contributed by atoms with Crippen LogP contribution in [0, 0.1) is 6.92 Å². The van der Waals surface area contributed by atoms with Crippen molar-refractivity contribution in [3.05, 3.63) is 51.7 Å². The van der Waals surface area contributed by atoms with Gasteiger partial charge in [0.1, 0.15) is 5.75 Å². The SMILES string of the molecule is CN=C(NCc1ccc(OC)cc1)NC(C)Cc1ccc(C)s1.I.